The average Bonchev–Trinajstić information content (AvgIpc) is 3.17. The number of hydrogen-bond donors (Lipinski definition) is 1. The summed E-state index contributed by atoms with van der Waals surface area (Å²) in [5, 5.41) is 12.2. The lowest BCUT2D eigenvalue weighted by molar-refractivity contribution is 0.174. The molecule has 0 aliphatic carbocycles. The van der Waals surface area contributed by atoms with Crippen molar-refractivity contribution < 1.29 is 13.9 Å². The van der Waals surface area contributed by atoms with E-state index in [1.807, 2.05) is 6.07 Å². The normalized spacial score (nSPS) is 12.8. The van der Waals surface area contributed by atoms with E-state index < -0.39 is 0 Å². The summed E-state index contributed by atoms with van der Waals surface area (Å²) in [5.74, 6) is 2.01. The average molecular weight is 285 g/mol. The van der Waals surface area contributed by atoms with Crippen LogP contribution in [0.25, 0.3) is 23.0 Å². The van der Waals surface area contributed by atoms with Crippen molar-refractivity contribution in [3.63, 3.8) is 0 Å². The second kappa shape index (κ2) is 4.23. The van der Waals surface area contributed by atoms with E-state index in [2.05, 4.69) is 15.3 Å². The Hall–Kier alpha value is -3.03. The Balaban J connectivity index is 1.73. The van der Waals surface area contributed by atoms with E-state index in [4.69, 9.17) is 19.6 Å². The number of nitrogens with two attached hydrogens (primary N) is 1. The molecule has 1 aromatic carbocycles. The Bertz CT molecular complexity index is 823. The number of aromatic nitrogens is 4. The highest BCUT2D eigenvalue weighted by atomic mass is 16.7. The van der Waals surface area contributed by atoms with Crippen LogP contribution in [0.4, 0.5) is 5.69 Å². The Labute approximate surface area is 119 Å². The molecule has 1 aliphatic heterocycles. The first-order valence-corrected chi connectivity index (χ1v) is 6.24. The number of aryl methyl sites for hydroxylation is 1. The summed E-state index contributed by atoms with van der Waals surface area (Å²) < 4.78 is 17.8. The van der Waals surface area contributed by atoms with E-state index in [1.165, 1.54) is 0 Å². The molecule has 0 saturated carbocycles. The van der Waals surface area contributed by atoms with E-state index in [-0.39, 0.29) is 12.7 Å². The molecule has 2 aromatic heterocycles. The maximum atomic E-state index is 5.85. The molecule has 0 spiro atoms. The molecule has 0 atom stereocenters. The molecule has 4 rings (SSSR count). The summed E-state index contributed by atoms with van der Waals surface area (Å²) >= 11 is 0. The molecule has 0 bridgehead atoms. The van der Waals surface area contributed by atoms with Crippen LogP contribution in [0, 0.1) is 0 Å². The fourth-order valence-corrected chi connectivity index (χ4v) is 2.14. The molecule has 106 valence electrons. The Morgan fingerprint density at radius 3 is 2.76 bits per heavy atom. The van der Waals surface area contributed by atoms with Gasteiger partial charge in [-0.2, -0.15) is 5.10 Å². The monoisotopic (exact) mass is 285 g/mol. The van der Waals surface area contributed by atoms with Crippen LogP contribution < -0.4 is 15.2 Å². The fraction of sp³-hybridized carbons (Fsp3) is 0.154. The third kappa shape index (κ3) is 1.88. The van der Waals surface area contributed by atoms with Crippen LogP contribution in [0.3, 0.4) is 0 Å². The maximum Gasteiger partial charge on any atom is 0.270 e. The number of fused-ring (bicyclic) bond motifs is 1. The van der Waals surface area contributed by atoms with Gasteiger partial charge in [0, 0.05) is 18.8 Å². The van der Waals surface area contributed by atoms with Crippen molar-refractivity contribution in [2.24, 2.45) is 7.05 Å². The predicted molar refractivity (Wildman–Crippen MR) is 72.5 cm³/mol. The topological polar surface area (TPSA) is 101 Å². The lowest BCUT2D eigenvalue weighted by atomic mass is 10.2. The Kier molecular flexibility index (Phi) is 2.37. The molecule has 2 N–H and O–H groups in total. The van der Waals surface area contributed by atoms with Gasteiger partial charge in [0.1, 0.15) is 0 Å². The molecule has 0 amide bonds. The van der Waals surface area contributed by atoms with Gasteiger partial charge in [0.2, 0.25) is 12.7 Å². The second-order valence-corrected chi connectivity index (χ2v) is 4.59. The van der Waals surface area contributed by atoms with Gasteiger partial charge >= 0.3 is 0 Å². The van der Waals surface area contributed by atoms with E-state index in [9.17, 15) is 0 Å². The summed E-state index contributed by atoms with van der Waals surface area (Å²) in [4.78, 5) is 0. The third-order valence-electron chi connectivity index (χ3n) is 3.10. The zero-order valence-corrected chi connectivity index (χ0v) is 11.1. The standard InChI is InChI=1S/C13H11N5O3/c1-18-5-8(14)11(17-18)13-16-15-12(21-13)7-2-3-9-10(4-7)20-6-19-9/h2-5H,6,14H2,1H3. The van der Waals surface area contributed by atoms with Crippen LogP contribution in [0.15, 0.2) is 28.8 Å². The van der Waals surface area contributed by atoms with Crippen molar-refractivity contribution >= 4 is 5.69 Å². The smallest absolute Gasteiger partial charge is 0.270 e. The predicted octanol–water partition coefficient (Wildman–Crippen LogP) is 1.45. The summed E-state index contributed by atoms with van der Waals surface area (Å²) in [6, 6.07) is 5.42. The van der Waals surface area contributed by atoms with E-state index in [0.29, 0.717) is 28.8 Å². The SMILES string of the molecule is Cn1cc(N)c(-c2nnc(-c3ccc4c(c3)OCO4)o2)n1. The number of benzene rings is 1. The van der Waals surface area contributed by atoms with Gasteiger partial charge in [-0.1, -0.05) is 0 Å². The Morgan fingerprint density at radius 2 is 1.95 bits per heavy atom. The lowest BCUT2D eigenvalue weighted by Crippen LogP contribution is -1.92. The van der Waals surface area contributed by atoms with Crippen molar-refractivity contribution in [2.45, 2.75) is 0 Å². The van der Waals surface area contributed by atoms with Gasteiger partial charge < -0.3 is 19.6 Å². The van der Waals surface area contributed by atoms with Crippen molar-refractivity contribution in [1.82, 2.24) is 20.0 Å². The lowest BCUT2D eigenvalue weighted by Gasteiger charge is -1.97. The number of nitrogens with zero attached hydrogens (tertiary/aromatic N) is 4. The summed E-state index contributed by atoms with van der Waals surface area (Å²) in [5.41, 5.74) is 7.54. The zero-order valence-electron chi connectivity index (χ0n) is 11.1. The van der Waals surface area contributed by atoms with Crippen LogP contribution in [-0.2, 0) is 7.05 Å². The fourth-order valence-electron chi connectivity index (χ4n) is 2.14. The molecule has 8 nitrogen and oxygen atoms in total. The van der Waals surface area contributed by atoms with Crippen molar-refractivity contribution in [1.29, 1.82) is 0 Å². The minimum absolute atomic E-state index is 0.221. The second-order valence-electron chi connectivity index (χ2n) is 4.59. The molecule has 3 aromatic rings. The highest BCUT2D eigenvalue weighted by Gasteiger charge is 2.19. The van der Waals surface area contributed by atoms with Crippen LogP contribution in [0.1, 0.15) is 0 Å². The number of anilines is 1. The molecule has 8 heteroatoms. The molecular weight excluding hydrogens is 274 g/mol. The van der Waals surface area contributed by atoms with Gasteiger partial charge in [0.25, 0.3) is 5.89 Å². The molecule has 0 fully saturated rings. The van der Waals surface area contributed by atoms with Gasteiger partial charge in [0.05, 0.1) is 5.69 Å². The minimum Gasteiger partial charge on any atom is -0.454 e. The first-order valence-electron chi connectivity index (χ1n) is 6.24. The minimum atomic E-state index is 0.221. The van der Waals surface area contributed by atoms with Gasteiger partial charge in [-0.3, -0.25) is 4.68 Å². The molecule has 21 heavy (non-hydrogen) atoms. The van der Waals surface area contributed by atoms with Crippen LogP contribution >= 0.6 is 0 Å². The molecule has 0 radical (unpaired) electrons. The van der Waals surface area contributed by atoms with Crippen LogP contribution in [-0.4, -0.2) is 26.8 Å². The maximum absolute atomic E-state index is 5.85. The van der Waals surface area contributed by atoms with E-state index in [0.717, 1.165) is 5.56 Å². The van der Waals surface area contributed by atoms with Gasteiger partial charge in [-0.25, -0.2) is 0 Å². The molecular formula is C13H11N5O3. The first-order chi connectivity index (χ1) is 10.2. The van der Waals surface area contributed by atoms with Crippen LogP contribution in [0.2, 0.25) is 0 Å². The number of rotatable bonds is 2. The largest absolute Gasteiger partial charge is 0.454 e. The summed E-state index contributed by atoms with van der Waals surface area (Å²) in [6.45, 7) is 0.221. The number of hydrogen-bond acceptors (Lipinski definition) is 7. The van der Waals surface area contributed by atoms with Crippen LogP contribution in [0.5, 0.6) is 11.5 Å². The first kappa shape index (κ1) is 11.8. The van der Waals surface area contributed by atoms with Gasteiger partial charge in [0.15, 0.2) is 17.2 Å². The van der Waals surface area contributed by atoms with Crippen molar-refractivity contribution in [3.8, 4) is 34.5 Å². The highest BCUT2D eigenvalue weighted by Crippen LogP contribution is 2.36. The van der Waals surface area contributed by atoms with Crippen molar-refractivity contribution in [3.05, 3.63) is 24.4 Å². The molecule has 0 unspecified atom stereocenters. The van der Waals surface area contributed by atoms with Gasteiger partial charge in [-0.15, -0.1) is 10.2 Å². The third-order valence-corrected chi connectivity index (χ3v) is 3.10. The molecule has 1 aliphatic rings. The summed E-state index contributed by atoms with van der Waals surface area (Å²) in [6.07, 6.45) is 1.68. The highest BCUT2D eigenvalue weighted by molar-refractivity contribution is 5.67. The Morgan fingerprint density at radius 1 is 1.14 bits per heavy atom. The zero-order chi connectivity index (χ0) is 14.4. The van der Waals surface area contributed by atoms with E-state index >= 15 is 0 Å². The summed E-state index contributed by atoms with van der Waals surface area (Å²) in [7, 11) is 1.77. The number of ether oxygens (including phenoxy) is 2. The molecule has 0 saturated heterocycles. The van der Waals surface area contributed by atoms with E-state index in [1.54, 1.807) is 30.1 Å². The van der Waals surface area contributed by atoms with Gasteiger partial charge in [-0.05, 0) is 18.2 Å². The van der Waals surface area contributed by atoms with Crippen molar-refractivity contribution in [2.75, 3.05) is 12.5 Å². The molecule has 3 heterocycles. The quantitative estimate of drug-likeness (QED) is 0.760. The number of nitrogen functional groups attached to an aromatic ring is 1.